The number of nitrogens with zero attached hydrogens (tertiary/aromatic N) is 3. The van der Waals surface area contributed by atoms with Gasteiger partial charge < -0.3 is 9.64 Å². The standard InChI is InChI=1S/C25H29N3O4/c1-27(18-21-9-5-6-14-32-21)22(29)15-25(20-7-3-2-4-8-20)16-23(30)28(24(25)31)17-19-10-12-26-13-11-19/h2-4,7-8,10-13,21H,5-6,9,14-18H2,1H3/t21-,25+/m0/s1. The number of hydrogen-bond donors (Lipinski definition) is 0. The van der Waals surface area contributed by atoms with Gasteiger partial charge in [-0.1, -0.05) is 30.3 Å². The lowest BCUT2D eigenvalue weighted by molar-refractivity contribution is -0.143. The highest BCUT2D eigenvalue weighted by Gasteiger charge is 2.53. The first-order valence-electron chi connectivity index (χ1n) is 11.1. The summed E-state index contributed by atoms with van der Waals surface area (Å²) >= 11 is 0. The Hall–Kier alpha value is -3.06. The van der Waals surface area contributed by atoms with E-state index in [9.17, 15) is 14.4 Å². The highest BCUT2D eigenvalue weighted by atomic mass is 16.5. The number of pyridine rings is 1. The van der Waals surface area contributed by atoms with Crippen LogP contribution in [0.15, 0.2) is 54.9 Å². The first kappa shape index (κ1) is 22.1. The Labute approximate surface area is 188 Å². The Morgan fingerprint density at radius 2 is 1.91 bits per heavy atom. The van der Waals surface area contributed by atoms with Crippen molar-refractivity contribution in [1.29, 1.82) is 0 Å². The zero-order valence-corrected chi connectivity index (χ0v) is 18.4. The van der Waals surface area contributed by atoms with Crippen molar-refractivity contribution < 1.29 is 19.1 Å². The Bertz CT molecular complexity index is 960. The van der Waals surface area contributed by atoms with Crippen molar-refractivity contribution >= 4 is 17.7 Å². The number of aromatic nitrogens is 1. The summed E-state index contributed by atoms with van der Waals surface area (Å²) in [4.78, 5) is 46.8. The van der Waals surface area contributed by atoms with E-state index in [2.05, 4.69) is 4.98 Å². The smallest absolute Gasteiger partial charge is 0.241 e. The molecule has 2 aliphatic rings. The van der Waals surface area contributed by atoms with Crippen LogP contribution in [0, 0.1) is 0 Å². The summed E-state index contributed by atoms with van der Waals surface area (Å²) in [7, 11) is 1.75. The summed E-state index contributed by atoms with van der Waals surface area (Å²) in [6.07, 6.45) is 6.31. The quantitative estimate of drug-likeness (QED) is 0.625. The molecular formula is C25H29N3O4. The average molecular weight is 436 g/mol. The zero-order valence-electron chi connectivity index (χ0n) is 18.4. The van der Waals surface area contributed by atoms with Crippen LogP contribution < -0.4 is 0 Å². The minimum atomic E-state index is -1.19. The van der Waals surface area contributed by atoms with Crippen molar-refractivity contribution in [2.45, 2.75) is 50.2 Å². The number of likely N-dealkylation sites (tertiary alicyclic amines) is 1. The van der Waals surface area contributed by atoms with Crippen molar-refractivity contribution in [3.8, 4) is 0 Å². The van der Waals surface area contributed by atoms with Gasteiger partial charge in [-0.25, -0.2) is 0 Å². The number of amides is 3. The highest BCUT2D eigenvalue weighted by Crippen LogP contribution is 2.40. The molecule has 1 aromatic carbocycles. The molecule has 2 fully saturated rings. The summed E-state index contributed by atoms with van der Waals surface area (Å²) in [6, 6.07) is 12.8. The molecular weight excluding hydrogens is 406 g/mol. The van der Waals surface area contributed by atoms with Gasteiger partial charge in [0.2, 0.25) is 17.7 Å². The molecule has 32 heavy (non-hydrogen) atoms. The summed E-state index contributed by atoms with van der Waals surface area (Å²) < 4.78 is 5.77. The van der Waals surface area contributed by atoms with E-state index in [0.29, 0.717) is 12.1 Å². The topological polar surface area (TPSA) is 79.8 Å². The van der Waals surface area contributed by atoms with Crippen molar-refractivity contribution in [2.75, 3.05) is 20.2 Å². The fourth-order valence-corrected chi connectivity index (χ4v) is 4.61. The molecule has 0 bridgehead atoms. The largest absolute Gasteiger partial charge is 0.376 e. The number of carbonyl (C=O) groups excluding carboxylic acids is 3. The minimum absolute atomic E-state index is 0.0135. The summed E-state index contributed by atoms with van der Waals surface area (Å²) in [6.45, 7) is 1.39. The van der Waals surface area contributed by atoms with E-state index in [4.69, 9.17) is 4.74 Å². The lowest BCUT2D eigenvalue weighted by Gasteiger charge is -2.31. The van der Waals surface area contributed by atoms with Crippen LogP contribution in [-0.4, -0.2) is 58.8 Å². The van der Waals surface area contributed by atoms with Crippen LogP contribution in [0.4, 0.5) is 0 Å². The van der Waals surface area contributed by atoms with Crippen LogP contribution in [0.5, 0.6) is 0 Å². The van der Waals surface area contributed by atoms with Crippen molar-refractivity contribution in [2.24, 2.45) is 0 Å². The van der Waals surface area contributed by atoms with Crippen LogP contribution in [0.2, 0.25) is 0 Å². The molecule has 2 saturated heterocycles. The Morgan fingerprint density at radius 3 is 2.59 bits per heavy atom. The molecule has 3 amide bonds. The molecule has 0 radical (unpaired) electrons. The van der Waals surface area contributed by atoms with Crippen molar-refractivity contribution in [1.82, 2.24) is 14.8 Å². The predicted octanol–water partition coefficient (Wildman–Crippen LogP) is 2.70. The third-order valence-electron chi connectivity index (χ3n) is 6.46. The maximum Gasteiger partial charge on any atom is 0.241 e. The number of ether oxygens (including phenoxy) is 1. The molecule has 2 atom stereocenters. The molecule has 0 saturated carbocycles. The third-order valence-corrected chi connectivity index (χ3v) is 6.46. The molecule has 0 aliphatic carbocycles. The molecule has 0 unspecified atom stereocenters. The number of rotatable bonds is 7. The van der Waals surface area contributed by atoms with Gasteiger partial charge in [0.05, 0.1) is 18.1 Å². The number of benzene rings is 1. The fraction of sp³-hybridized carbons (Fsp3) is 0.440. The second-order valence-corrected chi connectivity index (χ2v) is 8.71. The third kappa shape index (κ3) is 4.58. The molecule has 4 rings (SSSR count). The maximum absolute atomic E-state index is 13.7. The van der Waals surface area contributed by atoms with E-state index in [1.807, 2.05) is 30.3 Å². The molecule has 3 heterocycles. The lowest BCUT2D eigenvalue weighted by atomic mass is 9.75. The molecule has 2 aromatic rings. The van der Waals surface area contributed by atoms with Crippen LogP contribution in [0.1, 0.15) is 43.2 Å². The van der Waals surface area contributed by atoms with Crippen molar-refractivity contribution in [3.05, 3.63) is 66.0 Å². The van der Waals surface area contributed by atoms with E-state index in [-0.39, 0.29) is 43.2 Å². The van der Waals surface area contributed by atoms with Gasteiger partial charge in [-0.05, 0) is 42.5 Å². The van der Waals surface area contributed by atoms with Crippen LogP contribution in [0.25, 0.3) is 0 Å². The zero-order chi connectivity index (χ0) is 22.6. The average Bonchev–Trinajstić information content (AvgIpc) is 3.06. The Kier molecular flexibility index (Phi) is 6.65. The van der Waals surface area contributed by atoms with Crippen LogP contribution in [0.3, 0.4) is 0 Å². The van der Waals surface area contributed by atoms with Gasteiger partial charge in [0.25, 0.3) is 0 Å². The minimum Gasteiger partial charge on any atom is -0.376 e. The second kappa shape index (κ2) is 9.61. The molecule has 7 heteroatoms. The van der Waals surface area contributed by atoms with Crippen molar-refractivity contribution in [3.63, 3.8) is 0 Å². The van der Waals surface area contributed by atoms with Crippen LogP contribution in [-0.2, 0) is 31.1 Å². The van der Waals surface area contributed by atoms with E-state index in [1.54, 1.807) is 36.5 Å². The SMILES string of the molecule is CN(C[C@@H]1CCCCO1)C(=O)C[C@]1(c2ccccc2)CC(=O)N(Cc2ccncc2)C1=O. The normalized spacial score (nSPS) is 23.4. The molecule has 0 N–H and O–H groups in total. The van der Waals surface area contributed by atoms with Crippen LogP contribution >= 0.6 is 0 Å². The van der Waals surface area contributed by atoms with E-state index in [1.165, 1.54) is 4.90 Å². The van der Waals surface area contributed by atoms with Gasteiger partial charge in [0, 0.05) is 45.4 Å². The molecule has 2 aliphatic heterocycles. The van der Waals surface area contributed by atoms with Gasteiger partial charge in [0.1, 0.15) is 0 Å². The number of carbonyl (C=O) groups is 3. The molecule has 1 aromatic heterocycles. The van der Waals surface area contributed by atoms with Gasteiger partial charge in [-0.2, -0.15) is 0 Å². The highest BCUT2D eigenvalue weighted by molar-refractivity contribution is 6.10. The number of likely N-dealkylation sites (N-methyl/N-ethyl adjacent to an activating group) is 1. The molecule has 0 spiro atoms. The van der Waals surface area contributed by atoms with E-state index >= 15 is 0 Å². The maximum atomic E-state index is 13.7. The van der Waals surface area contributed by atoms with Gasteiger partial charge in [-0.15, -0.1) is 0 Å². The molecule has 168 valence electrons. The number of imide groups is 1. The number of hydrogen-bond acceptors (Lipinski definition) is 5. The second-order valence-electron chi connectivity index (χ2n) is 8.71. The van der Waals surface area contributed by atoms with E-state index in [0.717, 1.165) is 31.4 Å². The first-order chi connectivity index (χ1) is 15.5. The Balaban J connectivity index is 1.57. The Morgan fingerprint density at radius 1 is 1.16 bits per heavy atom. The van der Waals surface area contributed by atoms with E-state index < -0.39 is 5.41 Å². The van der Waals surface area contributed by atoms with Gasteiger partial charge >= 0.3 is 0 Å². The monoisotopic (exact) mass is 435 g/mol. The van der Waals surface area contributed by atoms with Gasteiger partial charge in [-0.3, -0.25) is 24.3 Å². The molecule has 7 nitrogen and oxygen atoms in total. The fourth-order valence-electron chi connectivity index (χ4n) is 4.61. The summed E-state index contributed by atoms with van der Waals surface area (Å²) in [5.41, 5.74) is 0.333. The lowest BCUT2D eigenvalue weighted by Crippen LogP contribution is -2.44. The summed E-state index contributed by atoms with van der Waals surface area (Å²) in [5, 5.41) is 0. The van der Waals surface area contributed by atoms with Gasteiger partial charge in [0.15, 0.2) is 0 Å². The first-order valence-corrected chi connectivity index (χ1v) is 11.1. The predicted molar refractivity (Wildman–Crippen MR) is 118 cm³/mol. The summed E-state index contributed by atoms with van der Waals surface area (Å²) in [5.74, 6) is -0.738.